The number of amides is 2. The normalized spacial score (nSPS) is 27.2. The highest BCUT2D eigenvalue weighted by Crippen LogP contribution is 2.51. The Balaban J connectivity index is 1.72. The van der Waals surface area contributed by atoms with Crippen LogP contribution in [0, 0.1) is 23.2 Å². The average Bonchev–Trinajstić information content (AvgIpc) is 3.24. The zero-order valence-electron chi connectivity index (χ0n) is 13.2. The summed E-state index contributed by atoms with van der Waals surface area (Å²) in [5, 5.41) is 15.0. The van der Waals surface area contributed by atoms with Gasteiger partial charge in [-0.2, -0.15) is 0 Å². The Hall–Kier alpha value is -1.26. The molecule has 3 N–H and O–H groups in total. The summed E-state index contributed by atoms with van der Waals surface area (Å²) in [6.45, 7) is 5.60. The lowest BCUT2D eigenvalue weighted by Gasteiger charge is -2.28. The summed E-state index contributed by atoms with van der Waals surface area (Å²) < 4.78 is 0. The van der Waals surface area contributed by atoms with E-state index >= 15 is 0 Å². The van der Waals surface area contributed by atoms with E-state index in [1.807, 2.05) is 0 Å². The van der Waals surface area contributed by atoms with E-state index in [1.165, 1.54) is 12.8 Å². The maximum atomic E-state index is 11.9. The monoisotopic (exact) mass is 296 g/mol. The first kappa shape index (κ1) is 16.1. The molecule has 2 aliphatic rings. The molecule has 2 atom stereocenters. The Labute approximate surface area is 126 Å². The molecule has 0 radical (unpaired) electrons. The van der Waals surface area contributed by atoms with Gasteiger partial charge >= 0.3 is 12.0 Å². The first-order chi connectivity index (χ1) is 9.94. The van der Waals surface area contributed by atoms with Crippen LogP contribution in [0.4, 0.5) is 4.79 Å². The zero-order chi connectivity index (χ0) is 15.5. The topological polar surface area (TPSA) is 78.4 Å². The fraction of sp³-hybridized carbons (Fsp3) is 0.875. The van der Waals surface area contributed by atoms with Gasteiger partial charge in [0, 0.05) is 13.1 Å². The molecule has 2 saturated carbocycles. The predicted molar refractivity (Wildman–Crippen MR) is 81.0 cm³/mol. The van der Waals surface area contributed by atoms with Crippen molar-refractivity contribution in [2.45, 2.75) is 52.4 Å². The number of aliphatic carboxylic acids is 1. The van der Waals surface area contributed by atoms with Gasteiger partial charge in [0.15, 0.2) is 0 Å². The molecule has 0 aromatic carbocycles. The third-order valence-corrected chi connectivity index (χ3v) is 5.47. The van der Waals surface area contributed by atoms with Crippen LogP contribution in [0.2, 0.25) is 0 Å². The fourth-order valence-electron chi connectivity index (χ4n) is 3.44. The molecule has 2 aliphatic carbocycles. The number of carboxylic acid groups (broad SMARTS) is 1. The number of nitrogens with one attached hydrogen (secondary N) is 2. The molecular weight excluding hydrogens is 268 g/mol. The molecule has 0 saturated heterocycles. The van der Waals surface area contributed by atoms with Crippen molar-refractivity contribution in [3.63, 3.8) is 0 Å². The van der Waals surface area contributed by atoms with Crippen LogP contribution >= 0.6 is 0 Å². The Kier molecular flexibility index (Phi) is 5.12. The molecule has 2 amide bonds. The second-order valence-electron chi connectivity index (χ2n) is 7.07. The summed E-state index contributed by atoms with van der Waals surface area (Å²) in [6.07, 6.45) is 6.06. The van der Waals surface area contributed by atoms with E-state index in [4.69, 9.17) is 0 Å². The highest BCUT2D eigenvalue weighted by atomic mass is 16.4. The summed E-state index contributed by atoms with van der Waals surface area (Å²) in [5.74, 6) is -0.363. The van der Waals surface area contributed by atoms with Crippen molar-refractivity contribution in [2.75, 3.05) is 13.1 Å². The van der Waals surface area contributed by atoms with Gasteiger partial charge in [0.2, 0.25) is 0 Å². The van der Waals surface area contributed by atoms with Crippen LogP contribution in [0.1, 0.15) is 52.4 Å². The lowest BCUT2D eigenvalue weighted by Crippen LogP contribution is -2.43. The van der Waals surface area contributed by atoms with Gasteiger partial charge in [0.25, 0.3) is 0 Å². The van der Waals surface area contributed by atoms with Crippen molar-refractivity contribution < 1.29 is 14.7 Å². The van der Waals surface area contributed by atoms with Crippen LogP contribution in [0.5, 0.6) is 0 Å². The van der Waals surface area contributed by atoms with Crippen LogP contribution in [-0.4, -0.2) is 30.2 Å². The van der Waals surface area contributed by atoms with Gasteiger partial charge in [-0.05, 0) is 42.9 Å². The summed E-state index contributed by atoms with van der Waals surface area (Å²) in [5.41, 5.74) is 0.297. The average molecular weight is 296 g/mol. The van der Waals surface area contributed by atoms with Crippen molar-refractivity contribution in [2.24, 2.45) is 23.2 Å². The van der Waals surface area contributed by atoms with Crippen LogP contribution < -0.4 is 10.6 Å². The van der Waals surface area contributed by atoms with Crippen LogP contribution in [0.25, 0.3) is 0 Å². The number of rotatable bonds is 6. The molecule has 21 heavy (non-hydrogen) atoms. The smallest absolute Gasteiger partial charge is 0.314 e. The van der Waals surface area contributed by atoms with E-state index in [1.54, 1.807) is 0 Å². The van der Waals surface area contributed by atoms with Crippen molar-refractivity contribution in [3.8, 4) is 0 Å². The summed E-state index contributed by atoms with van der Waals surface area (Å²) in [4.78, 5) is 23.1. The van der Waals surface area contributed by atoms with E-state index in [2.05, 4.69) is 24.5 Å². The van der Waals surface area contributed by atoms with Gasteiger partial charge in [0.1, 0.15) is 0 Å². The maximum Gasteiger partial charge on any atom is 0.314 e. The molecule has 0 aromatic heterocycles. The third kappa shape index (κ3) is 4.11. The lowest BCUT2D eigenvalue weighted by atomic mass is 9.79. The van der Waals surface area contributed by atoms with Crippen molar-refractivity contribution in [1.82, 2.24) is 10.6 Å². The third-order valence-electron chi connectivity index (χ3n) is 5.47. The van der Waals surface area contributed by atoms with E-state index in [-0.39, 0.29) is 17.9 Å². The second-order valence-corrected chi connectivity index (χ2v) is 7.07. The SMILES string of the molecule is CC(C)C1(CNC(=O)NCC2CCCCC2C(=O)O)CC1. The largest absolute Gasteiger partial charge is 0.481 e. The summed E-state index contributed by atoms with van der Waals surface area (Å²) in [6, 6.07) is -0.156. The molecule has 0 spiro atoms. The molecule has 2 unspecified atom stereocenters. The highest BCUT2D eigenvalue weighted by Gasteiger charge is 2.45. The zero-order valence-corrected chi connectivity index (χ0v) is 13.2. The van der Waals surface area contributed by atoms with E-state index in [9.17, 15) is 14.7 Å². The molecule has 120 valence electrons. The van der Waals surface area contributed by atoms with Gasteiger partial charge in [-0.25, -0.2) is 4.79 Å². The van der Waals surface area contributed by atoms with Crippen LogP contribution in [0.3, 0.4) is 0 Å². The van der Waals surface area contributed by atoms with Gasteiger partial charge in [0.05, 0.1) is 5.92 Å². The molecule has 0 heterocycles. The van der Waals surface area contributed by atoms with Crippen LogP contribution in [0.15, 0.2) is 0 Å². The minimum absolute atomic E-state index is 0.0713. The summed E-state index contributed by atoms with van der Waals surface area (Å²) >= 11 is 0. The van der Waals surface area contributed by atoms with Crippen molar-refractivity contribution >= 4 is 12.0 Å². The fourth-order valence-corrected chi connectivity index (χ4v) is 3.44. The standard InChI is InChI=1S/C16H28N2O3/c1-11(2)16(7-8-16)10-18-15(21)17-9-12-5-3-4-6-13(12)14(19)20/h11-13H,3-10H2,1-2H3,(H,19,20)(H2,17,18,21). The minimum Gasteiger partial charge on any atom is -0.481 e. The Bertz CT molecular complexity index is 391. The minimum atomic E-state index is -0.723. The molecule has 0 bridgehead atoms. The van der Waals surface area contributed by atoms with Gasteiger partial charge < -0.3 is 15.7 Å². The number of carbonyl (C=O) groups is 2. The van der Waals surface area contributed by atoms with Crippen molar-refractivity contribution in [3.05, 3.63) is 0 Å². The number of urea groups is 1. The highest BCUT2D eigenvalue weighted by molar-refractivity contribution is 5.74. The molecule has 2 fully saturated rings. The van der Waals surface area contributed by atoms with Crippen LogP contribution in [-0.2, 0) is 4.79 Å². The van der Waals surface area contributed by atoms with E-state index < -0.39 is 5.97 Å². The molecular formula is C16H28N2O3. The van der Waals surface area contributed by atoms with Gasteiger partial charge in [-0.1, -0.05) is 26.7 Å². The first-order valence-electron chi connectivity index (χ1n) is 8.19. The number of carbonyl (C=O) groups excluding carboxylic acids is 1. The number of hydrogen-bond acceptors (Lipinski definition) is 2. The predicted octanol–water partition coefficient (Wildman–Crippen LogP) is 2.61. The quantitative estimate of drug-likeness (QED) is 0.705. The van der Waals surface area contributed by atoms with Gasteiger partial charge in [-0.15, -0.1) is 0 Å². The summed E-state index contributed by atoms with van der Waals surface area (Å²) in [7, 11) is 0. The lowest BCUT2D eigenvalue weighted by molar-refractivity contribution is -0.144. The Morgan fingerprint density at radius 3 is 2.43 bits per heavy atom. The molecule has 0 aromatic rings. The Morgan fingerprint density at radius 2 is 1.86 bits per heavy atom. The van der Waals surface area contributed by atoms with Gasteiger partial charge in [-0.3, -0.25) is 4.79 Å². The molecule has 5 nitrogen and oxygen atoms in total. The number of hydrogen-bond donors (Lipinski definition) is 3. The maximum absolute atomic E-state index is 11.9. The van der Waals surface area contributed by atoms with Crippen molar-refractivity contribution in [1.29, 1.82) is 0 Å². The first-order valence-corrected chi connectivity index (χ1v) is 8.19. The molecule has 5 heteroatoms. The molecule has 2 rings (SSSR count). The number of carboxylic acids is 1. The second kappa shape index (κ2) is 6.67. The molecule has 0 aliphatic heterocycles. The van der Waals surface area contributed by atoms with E-state index in [0.29, 0.717) is 17.9 Å². The Morgan fingerprint density at radius 1 is 1.19 bits per heavy atom. The van der Waals surface area contributed by atoms with E-state index in [0.717, 1.165) is 32.2 Å².